The predicted octanol–water partition coefficient (Wildman–Crippen LogP) is 3.65. The minimum atomic E-state index is -2.19. The Bertz CT molecular complexity index is 538. The molecule has 0 N–H and O–H groups in total. The molecular formula is C15H18ClO3S-. The second kappa shape index (κ2) is 8.35. The Kier molecular flexibility index (Phi) is 7.13. The van der Waals surface area contributed by atoms with Crippen molar-refractivity contribution < 1.29 is 13.6 Å². The van der Waals surface area contributed by atoms with Gasteiger partial charge in [-0.15, -0.1) is 0 Å². The van der Waals surface area contributed by atoms with Crippen LogP contribution in [0, 0.1) is 6.92 Å². The number of carbonyl (C=O) groups excluding carboxylic acids is 1. The molecule has 0 bridgehead atoms. The van der Waals surface area contributed by atoms with E-state index in [-0.39, 0.29) is 5.75 Å². The van der Waals surface area contributed by atoms with Gasteiger partial charge in [0.1, 0.15) is 0 Å². The van der Waals surface area contributed by atoms with Gasteiger partial charge in [-0.1, -0.05) is 36.2 Å². The van der Waals surface area contributed by atoms with E-state index in [1.807, 2.05) is 6.07 Å². The zero-order valence-corrected chi connectivity index (χ0v) is 13.2. The molecule has 0 spiro atoms. The van der Waals surface area contributed by atoms with Gasteiger partial charge in [0.25, 0.3) is 5.24 Å². The Hall–Kier alpha value is -0.970. The summed E-state index contributed by atoms with van der Waals surface area (Å²) in [4.78, 5) is 11.3. The van der Waals surface area contributed by atoms with Gasteiger partial charge in [-0.3, -0.25) is 9.00 Å². The summed E-state index contributed by atoms with van der Waals surface area (Å²) in [5.74, 6) is -0.0930. The molecule has 5 heteroatoms. The molecule has 0 aliphatic rings. The molecule has 0 aliphatic carbocycles. The first-order valence-corrected chi connectivity index (χ1v) is 8.11. The van der Waals surface area contributed by atoms with E-state index in [4.69, 9.17) is 11.6 Å². The second-order valence-corrected chi connectivity index (χ2v) is 5.82. The summed E-state index contributed by atoms with van der Waals surface area (Å²) >= 11 is 3.32. The average Bonchev–Trinajstić information content (AvgIpc) is 2.36. The van der Waals surface area contributed by atoms with E-state index in [1.54, 1.807) is 13.0 Å². The van der Waals surface area contributed by atoms with Crippen molar-refractivity contribution in [1.29, 1.82) is 0 Å². The van der Waals surface area contributed by atoms with Crippen LogP contribution in [0.3, 0.4) is 0 Å². The molecule has 20 heavy (non-hydrogen) atoms. The summed E-state index contributed by atoms with van der Waals surface area (Å²) in [6.07, 6.45) is 6.74. The van der Waals surface area contributed by atoms with Crippen LogP contribution < -0.4 is 0 Å². The maximum atomic E-state index is 11.3. The zero-order valence-electron chi connectivity index (χ0n) is 11.6. The van der Waals surface area contributed by atoms with Crippen molar-refractivity contribution in [1.82, 2.24) is 0 Å². The minimum absolute atomic E-state index is 0.0930. The minimum Gasteiger partial charge on any atom is -0.772 e. The quantitative estimate of drug-likeness (QED) is 0.438. The largest absolute Gasteiger partial charge is 0.772 e. The van der Waals surface area contributed by atoms with E-state index in [0.29, 0.717) is 11.1 Å². The number of halogens is 1. The molecule has 1 atom stereocenters. The monoisotopic (exact) mass is 313 g/mol. The number of allylic oxidation sites excluding steroid dienone is 2. The van der Waals surface area contributed by atoms with Crippen molar-refractivity contribution in [2.24, 2.45) is 0 Å². The van der Waals surface area contributed by atoms with Crippen LogP contribution >= 0.6 is 11.6 Å². The normalized spacial score (nSPS) is 12.8. The van der Waals surface area contributed by atoms with Crippen molar-refractivity contribution in [2.75, 3.05) is 0 Å². The van der Waals surface area contributed by atoms with E-state index in [1.165, 1.54) is 0 Å². The van der Waals surface area contributed by atoms with Crippen molar-refractivity contribution in [3.63, 3.8) is 0 Å². The molecule has 0 aromatic heterocycles. The molecule has 3 nitrogen and oxygen atoms in total. The van der Waals surface area contributed by atoms with Crippen molar-refractivity contribution in [2.45, 2.75) is 38.9 Å². The standard InChI is InChI=1S/C15H19ClO3S/c1-3-4-5-6-7-12-8-11(2)14(15(16)17)9-13(12)10-20(18)19/h4-5,8-9H,3,6-7,10H2,1-2H3,(H,18,19)/p-1. The van der Waals surface area contributed by atoms with Gasteiger partial charge in [-0.25, -0.2) is 0 Å². The van der Waals surface area contributed by atoms with E-state index in [9.17, 15) is 13.6 Å². The van der Waals surface area contributed by atoms with Gasteiger partial charge in [0.05, 0.1) is 0 Å². The molecule has 1 aromatic carbocycles. The number of rotatable bonds is 7. The first-order valence-electron chi connectivity index (χ1n) is 6.48. The first-order chi connectivity index (χ1) is 9.45. The molecular weight excluding hydrogens is 296 g/mol. The van der Waals surface area contributed by atoms with Crippen LogP contribution in [0.4, 0.5) is 0 Å². The van der Waals surface area contributed by atoms with Gasteiger partial charge in [-0.2, -0.15) is 0 Å². The molecule has 1 unspecified atom stereocenters. The third-order valence-corrected chi connectivity index (χ3v) is 3.76. The zero-order chi connectivity index (χ0) is 15.1. The smallest absolute Gasteiger partial charge is 0.252 e. The molecule has 0 radical (unpaired) electrons. The van der Waals surface area contributed by atoms with Crippen LogP contribution in [-0.4, -0.2) is 14.0 Å². The topological polar surface area (TPSA) is 57.2 Å². The lowest BCUT2D eigenvalue weighted by Gasteiger charge is -2.14. The highest BCUT2D eigenvalue weighted by Crippen LogP contribution is 2.21. The third-order valence-electron chi connectivity index (χ3n) is 3.01. The molecule has 0 saturated carbocycles. The Morgan fingerprint density at radius 3 is 2.60 bits per heavy atom. The Morgan fingerprint density at radius 1 is 1.35 bits per heavy atom. The van der Waals surface area contributed by atoms with Gasteiger partial charge in [0.15, 0.2) is 0 Å². The van der Waals surface area contributed by atoms with Gasteiger partial charge in [0, 0.05) is 11.3 Å². The molecule has 0 heterocycles. The lowest BCUT2D eigenvalue weighted by Crippen LogP contribution is -2.04. The van der Waals surface area contributed by atoms with Crippen LogP contribution in [0.15, 0.2) is 24.3 Å². The second-order valence-electron chi connectivity index (χ2n) is 4.58. The van der Waals surface area contributed by atoms with E-state index >= 15 is 0 Å². The fraction of sp³-hybridized carbons (Fsp3) is 0.400. The highest BCUT2D eigenvalue weighted by molar-refractivity contribution is 7.78. The molecule has 0 amide bonds. The number of benzene rings is 1. The van der Waals surface area contributed by atoms with Gasteiger partial charge in [0.2, 0.25) is 0 Å². The molecule has 0 aliphatic heterocycles. The van der Waals surface area contributed by atoms with Crippen molar-refractivity contribution in [3.05, 3.63) is 46.5 Å². The number of carbonyl (C=O) groups is 1. The van der Waals surface area contributed by atoms with Crippen molar-refractivity contribution >= 4 is 27.9 Å². The Balaban J connectivity index is 3.06. The average molecular weight is 314 g/mol. The highest BCUT2D eigenvalue weighted by Gasteiger charge is 2.11. The predicted molar refractivity (Wildman–Crippen MR) is 81.7 cm³/mol. The fourth-order valence-corrected chi connectivity index (χ4v) is 2.77. The fourth-order valence-electron chi connectivity index (χ4n) is 2.04. The third kappa shape index (κ3) is 5.19. The highest BCUT2D eigenvalue weighted by atomic mass is 35.5. The SMILES string of the molecule is CCC=CCCc1cc(C)c(C(=O)Cl)cc1CS(=O)[O-]. The van der Waals surface area contributed by atoms with Crippen LogP contribution in [0.1, 0.15) is 46.8 Å². The lowest BCUT2D eigenvalue weighted by atomic mass is 9.97. The van der Waals surface area contributed by atoms with Crippen LogP contribution in [0.25, 0.3) is 0 Å². The lowest BCUT2D eigenvalue weighted by molar-refractivity contribution is 0.108. The number of hydrogen-bond donors (Lipinski definition) is 0. The number of hydrogen-bond acceptors (Lipinski definition) is 3. The van der Waals surface area contributed by atoms with Crippen LogP contribution in [0.5, 0.6) is 0 Å². The Labute approximate surface area is 127 Å². The molecule has 0 saturated heterocycles. The molecule has 1 aromatic rings. The number of aryl methyl sites for hydroxylation is 2. The van der Waals surface area contributed by atoms with Crippen LogP contribution in [-0.2, 0) is 23.3 Å². The van der Waals surface area contributed by atoms with Crippen molar-refractivity contribution in [3.8, 4) is 0 Å². The Morgan fingerprint density at radius 2 is 2.05 bits per heavy atom. The molecule has 110 valence electrons. The van der Waals surface area contributed by atoms with Gasteiger partial charge >= 0.3 is 0 Å². The summed E-state index contributed by atoms with van der Waals surface area (Å²) in [6, 6.07) is 3.46. The van der Waals surface area contributed by atoms with E-state index < -0.39 is 16.3 Å². The summed E-state index contributed by atoms with van der Waals surface area (Å²) in [6.45, 7) is 3.87. The van der Waals surface area contributed by atoms with E-state index in [0.717, 1.165) is 30.4 Å². The first kappa shape index (κ1) is 17.1. The van der Waals surface area contributed by atoms with E-state index in [2.05, 4.69) is 19.1 Å². The molecule has 1 rings (SSSR count). The van der Waals surface area contributed by atoms with Gasteiger partial charge < -0.3 is 4.55 Å². The summed E-state index contributed by atoms with van der Waals surface area (Å²) in [5, 5.41) is -0.558. The maximum Gasteiger partial charge on any atom is 0.252 e. The molecule has 0 fully saturated rings. The summed E-state index contributed by atoms with van der Waals surface area (Å²) in [7, 11) is 0. The summed E-state index contributed by atoms with van der Waals surface area (Å²) in [5.41, 5.74) is 2.76. The van der Waals surface area contributed by atoms with Crippen LogP contribution in [0.2, 0.25) is 0 Å². The maximum absolute atomic E-state index is 11.3. The van der Waals surface area contributed by atoms with Gasteiger partial charge in [-0.05, 0) is 60.5 Å². The summed E-state index contributed by atoms with van der Waals surface area (Å²) < 4.78 is 21.9.